The lowest BCUT2D eigenvalue weighted by Crippen LogP contribution is -2.51. The van der Waals surface area contributed by atoms with Crippen LogP contribution >= 0.6 is 11.6 Å². The van der Waals surface area contributed by atoms with Crippen LogP contribution in [0, 0.1) is 0 Å². The van der Waals surface area contributed by atoms with E-state index < -0.39 is 0 Å². The van der Waals surface area contributed by atoms with Crippen LogP contribution in [0.15, 0.2) is 30.3 Å². The third-order valence-electron chi connectivity index (χ3n) is 5.61. The number of nitrogens with zero attached hydrogens (tertiary/aromatic N) is 5. The average molecular weight is 433 g/mol. The maximum absolute atomic E-state index is 12.8. The van der Waals surface area contributed by atoms with Crippen molar-refractivity contribution in [3.8, 4) is 0 Å². The van der Waals surface area contributed by atoms with E-state index in [1.54, 1.807) is 0 Å². The first-order valence-electron chi connectivity index (χ1n) is 10.2. The van der Waals surface area contributed by atoms with Gasteiger partial charge >= 0.3 is 0 Å². The number of carbonyl (C=O) groups excluding carboxylic acids is 2. The molecule has 1 saturated heterocycles. The lowest BCUT2D eigenvalue weighted by atomic mass is 9.72. The van der Waals surface area contributed by atoms with E-state index in [9.17, 15) is 9.59 Å². The van der Waals surface area contributed by atoms with Gasteiger partial charge in [-0.3, -0.25) is 9.59 Å². The molecule has 0 atom stereocenters. The summed E-state index contributed by atoms with van der Waals surface area (Å²) in [5.41, 5.74) is 0.736. The minimum absolute atomic E-state index is 0.0284. The summed E-state index contributed by atoms with van der Waals surface area (Å²) in [6, 6.07) is 10.1. The second-order valence-electron chi connectivity index (χ2n) is 8.83. The van der Waals surface area contributed by atoms with Crippen LogP contribution in [0.1, 0.15) is 45.0 Å². The maximum Gasteiger partial charge on any atom is 0.246 e. The number of tetrazole rings is 1. The molecule has 1 aromatic heterocycles. The predicted molar refractivity (Wildman–Crippen MR) is 114 cm³/mol. The molecule has 1 aliphatic heterocycles. The number of hydrogen-bond acceptors (Lipinski definition) is 5. The summed E-state index contributed by atoms with van der Waals surface area (Å²) < 4.78 is 0. The van der Waals surface area contributed by atoms with E-state index in [0.717, 1.165) is 12.8 Å². The van der Waals surface area contributed by atoms with Crippen molar-refractivity contribution in [1.82, 2.24) is 30.4 Å². The van der Waals surface area contributed by atoms with Crippen molar-refractivity contribution in [2.45, 2.75) is 51.0 Å². The molecular formula is C21H29ClN6O2. The van der Waals surface area contributed by atoms with Gasteiger partial charge in [0.25, 0.3) is 0 Å². The summed E-state index contributed by atoms with van der Waals surface area (Å²) >= 11 is 5.65. The van der Waals surface area contributed by atoms with Gasteiger partial charge in [-0.15, -0.1) is 21.8 Å². The number of piperidine rings is 1. The van der Waals surface area contributed by atoms with Crippen molar-refractivity contribution >= 4 is 23.4 Å². The number of carbonyl (C=O) groups is 2. The van der Waals surface area contributed by atoms with Crippen molar-refractivity contribution in [1.29, 1.82) is 0 Å². The van der Waals surface area contributed by atoms with Gasteiger partial charge in [-0.1, -0.05) is 51.1 Å². The van der Waals surface area contributed by atoms with Crippen LogP contribution in [0.3, 0.4) is 0 Å². The molecule has 0 saturated carbocycles. The molecule has 1 N–H and O–H groups in total. The number of benzene rings is 1. The number of rotatable bonds is 6. The SMILES string of the molecule is CC(C)(C)c1nnn(CC(=O)N2CCC(CNC(=O)CCl)(c3ccccc3)CC2)n1. The molecule has 8 nitrogen and oxygen atoms in total. The molecule has 9 heteroatoms. The first-order valence-corrected chi connectivity index (χ1v) is 10.7. The Balaban J connectivity index is 1.66. The lowest BCUT2D eigenvalue weighted by molar-refractivity contribution is -0.134. The molecule has 1 aromatic carbocycles. The number of hydrogen-bond donors (Lipinski definition) is 1. The minimum atomic E-state index is -0.218. The quantitative estimate of drug-likeness (QED) is 0.703. The standard InChI is InChI=1S/C21H29ClN6O2/c1-20(2,3)19-24-26-28(25-19)14-18(30)27-11-9-21(10-12-27,15-23-17(29)13-22)16-7-5-4-6-8-16/h4-8H,9-15H2,1-3H3,(H,23,29). The molecule has 0 radical (unpaired) electrons. The molecule has 2 aromatic rings. The van der Waals surface area contributed by atoms with Crippen molar-refractivity contribution < 1.29 is 9.59 Å². The first-order chi connectivity index (χ1) is 14.2. The van der Waals surface area contributed by atoms with Gasteiger partial charge in [0.05, 0.1) is 0 Å². The summed E-state index contributed by atoms with van der Waals surface area (Å²) in [5.74, 6) is 0.348. The second kappa shape index (κ2) is 9.12. The number of nitrogens with one attached hydrogen (secondary N) is 1. The summed E-state index contributed by atoms with van der Waals surface area (Å²) in [7, 11) is 0. The summed E-state index contributed by atoms with van der Waals surface area (Å²) in [5, 5.41) is 15.4. The third kappa shape index (κ3) is 5.16. The second-order valence-corrected chi connectivity index (χ2v) is 9.10. The third-order valence-corrected chi connectivity index (χ3v) is 5.85. The number of likely N-dealkylation sites (tertiary alicyclic amines) is 1. The van der Waals surface area contributed by atoms with Crippen LogP contribution in [-0.2, 0) is 27.0 Å². The molecule has 30 heavy (non-hydrogen) atoms. The van der Waals surface area contributed by atoms with E-state index in [-0.39, 0.29) is 35.1 Å². The Morgan fingerprint density at radius 2 is 1.83 bits per heavy atom. The fourth-order valence-electron chi connectivity index (χ4n) is 3.69. The van der Waals surface area contributed by atoms with Gasteiger partial charge in [-0.25, -0.2) is 0 Å². The minimum Gasteiger partial charge on any atom is -0.354 e. The van der Waals surface area contributed by atoms with Gasteiger partial charge in [-0.2, -0.15) is 4.80 Å². The molecule has 0 unspecified atom stereocenters. The van der Waals surface area contributed by atoms with Crippen LogP contribution in [-0.4, -0.2) is 62.4 Å². The fraction of sp³-hybridized carbons (Fsp3) is 0.571. The summed E-state index contributed by atoms with van der Waals surface area (Å²) in [4.78, 5) is 27.7. The Bertz CT molecular complexity index is 869. The molecule has 1 fully saturated rings. The lowest BCUT2D eigenvalue weighted by Gasteiger charge is -2.42. The molecule has 2 heterocycles. The maximum atomic E-state index is 12.8. The summed E-state index contributed by atoms with van der Waals surface area (Å²) in [6.07, 6.45) is 1.51. The molecule has 162 valence electrons. The average Bonchev–Trinajstić information content (AvgIpc) is 3.22. The van der Waals surface area contributed by atoms with Gasteiger partial charge in [-0.05, 0) is 23.6 Å². The van der Waals surface area contributed by atoms with E-state index in [1.807, 2.05) is 43.9 Å². The van der Waals surface area contributed by atoms with Crippen molar-refractivity contribution in [2.75, 3.05) is 25.5 Å². The number of alkyl halides is 1. The molecular weight excluding hydrogens is 404 g/mol. The predicted octanol–water partition coefficient (Wildman–Crippen LogP) is 1.89. The highest BCUT2D eigenvalue weighted by atomic mass is 35.5. The van der Waals surface area contributed by atoms with Crippen molar-refractivity contribution in [2.24, 2.45) is 0 Å². The van der Waals surface area contributed by atoms with Gasteiger partial charge in [0.15, 0.2) is 5.82 Å². The molecule has 0 bridgehead atoms. The largest absolute Gasteiger partial charge is 0.354 e. The first kappa shape index (κ1) is 22.2. The Labute approximate surface area is 182 Å². The topological polar surface area (TPSA) is 93.0 Å². The van der Waals surface area contributed by atoms with Crippen LogP contribution < -0.4 is 5.32 Å². The van der Waals surface area contributed by atoms with Crippen molar-refractivity contribution in [3.05, 3.63) is 41.7 Å². The monoisotopic (exact) mass is 432 g/mol. The van der Waals surface area contributed by atoms with Crippen LogP contribution in [0.2, 0.25) is 0 Å². The molecule has 2 amide bonds. The molecule has 0 spiro atoms. The van der Waals surface area contributed by atoms with E-state index in [4.69, 9.17) is 11.6 Å². The zero-order chi connectivity index (χ0) is 21.8. The number of aromatic nitrogens is 4. The highest BCUT2D eigenvalue weighted by molar-refractivity contribution is 6.27. The normalized spacial score (nSPS) is 16.3. The molecule has 0 aliphatic carbocycles. The number of halogens is 1. The Hall–Kier alpha value is -2.48. The van der Waals surface area contributed by atoms with Gasteiger partial charge < -0.3 is 10.2 Å². The van der Waals surface area contributed by atoms with E-state index in [2.05, 4.69) is 32.9 Å². The fourth-order valence-corrected chi connectivity index (χ4v) is 3.78. The smallest absolute Gasteiger partial charge is 0.246 e. The van der Waals surface area contributed by atoms with Crippen LogP contribution in [0.25, 0.3) is 0 Å². The van der Waals surface area contributed by atoms with Gasteiger partial charge in [0, 0.05) is 30.5 Å². The van der Waals surface area contributed by atoms with Crippen LogP contribution in [0.5, 0.6) is 0 Å². The highest BCUT2D eigenvalue weighted by Crippen LogP contribution is 2.35. The van der Waals surface area contributed by atoms with Crippen molar-refractivity contribution in [3.63, 3.8) is 0 Å². The zero-order valence-corrected chi connectivity index (χ0v) is 18.5. The van der Waals surface area contributed by atoms with E-state index in [0.29, 0.717) is 25.5 Å². The Morgan fingerprint density at radius 1 is 1.17 bits per heavy atom. The van der Waals surface area contributed by atoms with Gasteiger partial charge in [0.1, 0.15) is 12.4 Å². The van der Waals surface area contributed by atoms with E-state index in [1.165, 1.54) is 10.4 Å². The highest BCUT2D eigenvalue weighted by Gasteiger charge is 2.37. The Kier molecular flexibility index (Phi) is 6.75. The van der Waals surface area contributed by atoms with Gasteiger partial charge in [0.2, 0.25) is 11.8 Å². The Morgan fingerprint density at radius 3 is 2.40 bits per heavy atom. The number of amides is 2. The molecule has 1 aliphatic rings. The zero-order valence-electron chi connectivity index (χ0n) is 17.8. The molecule has 3 rings (SSSR count). The van der Waals surface area contributed by atoms with Crippen LogP contribution in [0.4, 0.5) is 0 Å². The summed E-state index contributed by atoms with van der Waals surface area (Å²) in [6.45, 7) is 7.80. The van der Waals surface area contributed by atoms with E-state index >= 15 is 0 Å².